The van der Waals surface area contributed by atoms with Crippen molar-refractivity contribution >= 4 is 11.6 Å². The topological polar surface area (TPSA) is 55.6 Å². The first-order valence-corrected chi connectivity index (χ1v) is 7.47. The molecule has 0 atom stereocenters. The number of nitrogens with zero attached hydrogens (tertiary/aromatic N) is 1. The summed E-state index contributed by atoms with van der Waals surface area (Å²) in [6, 6.07) is 5.30. The maximum absolute atomic E-state index is 12.5. The zero-order valence-corrected chi connectivity index (χ0v) is 12.4. The molecule has 0 saturated heterocycles. The third-order valence-electron chi connectivity index (χ3n) is 3.93. The third-order valence-corrected chi connectivity index (χ3v) is 3.93. The molecule has 0 radical (unpaired) electrons. The van der Waals surface area contributed by atoms with Gasteiger partial charge in [-0.05, 0) is 50.8 Å². The van der Waals surface area contributed by atoms with E-state index in [0.717, 1.165) is 13.1 Å². The van der Waals surface area contributed by atoms with Crippen molar-refractivity contribution in [3.05, 3.63) is 23.8 Å². The molecule has 0 unspecified atom stereocenters. The molecular weight excluding hydrogens is 252 g/mol. The number of nitrogens with two attached hydrogens (primary N) is 1. The van der Waals surface area contributed by atoms with Gasteiger partial charge in [-0.1, -0.05) is 6.42 Å². The Morgan fingerprint density at radius 2 is 2.15 bits per heavy atom. The second-order valence-electron chi connectivity index (χ2n) is 5.33. The van der Waals surface area contributed by atoms with E-state index in [2.05, 4.69) is 0 Å². The Bertz CT molecular complexity index is 470. The predicted molar refractivity (Wildman–Crippen MR) is 80.9 cm³/mol. The molecule has 4 heteroatoms. The van der Waals surface area contributed by atoms with Crippen LogP contribution < -0.4 is 10.5 Å². The van der Waals surface area contributed by atoms with E-state index < -0.39 is 0 Å². The van der Waals surface area contributed by atoms with Gasteiger partial charge < -0.3 is 15.4 Å². The van der Waals surface area contributed by atoms with Crippen LogP contribution in [0.25, 0.3) is 0 Å². The zero-order valence-electron chi connectivity index (χ0n) is 12.4. The Kier molecular flexibility index (Phi) is 4.88. The summed E-state index contributed by atoms with van der Waals surface area (Å²) in [5.41, 5.74) is 7.10. The molecule has 1 amide bonds. The van der Waals surface area contributed by atoms with Crippen LogP contribution in [0.3, 0.4) is 0 Å². The Labute approximate surface area is 120 Å². The lowest BCUT2D eigenvalue weighted by atomic mass is 9.85. The smallest absolute Gasteiger partial charge is 0.253 e. The number of hydrogen-bond acceptors (Lipinski definition) is 3. The van der Waals surface area contributed by atoms with Crippen LogP contribution >= 0.6 is 0 Å². The molecule has 0 heterocycles. The molecule has 2 N–H and O–H groups in total. The highest BCUT2D eigenvalue weighted by Gasteiger charge is 2.23. The van der Waals surface area contributed by atoms with Crippen LogP contribution in [0.15, 0.2) is 18.2 Å². The molecule has 1 aromatic carbocycles. The fraction of sp³-hybridized carbons (Fsp3) is 0.562. The van der Waals surface area contributed by atoms with Gasteiger partial charge in [0.1, 0.15) is 5.75 Å². The van der Waals surface area contributed by atoms with Crippen LogP contribution in [0.4, 0.5) is 5.69 Å². The second kappa shape index (κ2) is 6.64. The number of carbonyl (C=O) groups excluding carboxylic acids is 1. The Hall–Kier alpha value is -1.71. The largest absolute Gasteiger partial charge is 0.492 e. The summed E-state index contributed by atoms with van der Waals surface area (Å²) >= 11 is 0. The summed E-state index contributed by atoms with van der Waals surface area (Å²) in [4.78, 5) is 14.4. The van der Waals surface area contributed by atoms with Gasteiger partial charge in [0.25, 0.3) is 5.91 Å². The number of carbonyl (C=O) groups is 1. The molecule has 20 heavy (non-hydrogen) atoms. The highest BCUT2D eigenvalue weighted by molar-refractivity contribution is 5.95. The van der Waals surface area contributed by atoms with Crippen molar-refractivity contribution in [2.75, 3.05) is 25.4 Å². The van der Waals surface area contributed by atoms with Gasteiger partial charge in [0.2, 0.25) is 0 Å². The van der Waals surface area contributed by atoms with Crippen LogP contribution in [-0.4, -0.2) is 30.5 Å². The molecule has 1 saturated carbocycles. The normalized spacial score (nSPS) is 14.7. The molecule has 0 spiro atoms. The quantitative estimate of drug-likeness (QED) is 0.813. The Morgan fingerprint density at radius 3 is 2.65 bits per heavy atom. The first-order chi connectivity index (χ1) is 9.65. The van der Waals surface area contributed by atoms with Crippen LogP contribution in [-0.2, 0) is 0 Å². The first kappa shape index (κ1) is 14.7. The van der Waals surface area contributed by atoms with Crippen LogP contribution in [0.2, 0.25) is 0 Å². The summed E-state index contributed by atoms with van der Waals surface area (Å²) in [6.07, 6.45) is 3.79. The van der Waals surface area contributed by atoms with Gasteiger partial charge in [-0.3, -0.25) is 4.79 Å². The summed E-state index contributed by atoms with van der Waals surface area (Å²) < 4.78 is 5.40. The standard InChI is InChI=1S/C16H24N2O2/c1-3-18(11-12-6-5-7-12)16(19)13-8-9-15(20-4-2)14(17)10-13/h8-10,12H,3-7,11,17H2,1-2H3. The second-order valence-corrected chi connectivity index (χ2v) is 5.33. The lowest BCUT2D eigenvalue weighted by Gasteiger charge is -2.32. The Balaban J connectivity index is 2.08. The van der Waals surface area contributed by atoms with E-state index in [9.17, 15) is 4.79 Å². The SMILES string of the molecule is CCOc1ccc(C(=O)N(CC)CC2CCC2)cc1N. The molecule has 110 valence electrons. The average Bonchev–Trinajstić information content (AvgIpc) is 2.40. The van der Waals surface area contributed by atoms with Gasteiger partial charge in [0, 0.05) is 18.7 Å². The lowest BCUT2D eigenvalue weighted by Crippen LogP contribution is -2.37. The molecule has 1 aliphatic rings. The van der Waals surface area contributed by atoms with Gasteiger partial charge in [-0.25, -0.2) is 0 Å². The fourth-order valence-electron chi connectivity index (χ4n) is 2.49. The van der Waals surface area contributed by atoms with E-state index in [-0.39, 0.29) is 5.91 Å². The molecule has 4 nitrogen and oxygen atoms in total. The number of anilines is 1. The maximum Gasteiger partial charge on any atom is 0.253 e. The van der Waals surface area contributed by atoms with Crippen molar-refractivity contribution < 1.29 is 9.53 Å². The fourth-order valence-corrected chi connectivity index (χ4v) is 2.49. The van der Waals surface area contributed by atoms with Gasteiger partial charge >= 0.3 is 0 Å². The minimum Gasteiger partial charge on any atom is -0.492 e. The van der Waals surface area contributed by atoms with Gasteiger partial charge in [0.15, 0.2) is 0 Å². The van der Waals surface area contributed by atoms with Crippen molar-refractivity contribution in [3.63, 3.8) is 0 Å². The summed E-state index contributed by atoms with van der Waals surface area (Å²) in [5.74, 6) is 1.39. The van der Waals surface area contributed by atoms with Crippen LogP contribution in [0.1, 0.15) is 43.5 Å². The number of nitrogen functional groups attached to an aromatic ring is 1. The van der Waals surface area contributed by atoms with Crippen molar-refractivity contribution in [2.24, 2.45) is 5.92 Å². The third kappa shape index (κ3) is 3.24. The number of hydrogen-bond donors (Lipinski definition) is 1. The van der Waals surface area contributed by atoms with E-state index in [0.29, 0.717) is 29.5 Å². The van der Waals surface area contributed by atoms with E-state index in [1.807, 2.05) is 18.7 Å². The summed E-state index contributed by atoms with van der Waals surface area (Å²) in [7, 11) is 0. The molecule has 1 aliphatic carbocycles. The number of rotatable bonds is 6. The van der Waals surface area contributed by atoms with Crippen molar-refractivity contribution in [3.8, 4) is 5.75 Å². The molecule has 1 fully saturated rings. The molecular formula is C16H24N2O2. The maximum atomic E-state index is 12.5. The van der Waals surface area contributed by atoms with E-state index >= 15 is 0 Å². The highest BCUT2D eigenvalue weighted by Crippen LogP contribution is 2.28. The van der Waals surface area contributed by atoms with Gasteiger partial charge in [-0.2, -0.15) is 0 Å². The molecule has 0 aromatic heterocycles. The van der Waals surface area contributed by atoms with E-state index in [1.54, 1.807) is 18.2 Å². The number of ether oxygens (including phenoxy) is 1. The minimum absolute atomic E-state index is 0.0640. The zero-order chi connectivity index (χ0) is 14.5. The van der Waals surface area contributed by atoms with Gasteiger partial charge in [0.05, 0.1) is 12.3 Å². The molecule has 0 aliphatic heterocycles. The summed E-state index contributed by atoms with van der Waals surface area (Å²) in [5, 5.41) is 0. The van der Waals surface area contributed by atoms with Gasteiger partial charge in [-0.15, -0.1) is 0 Å². The lowest BCUT2D eigenvalue weighted by molar-refractivity contribution is 0.0706. The minimum atomic E-state index is 0.0640. The average molecular weight is 276 g/mol. The molecule has 1 aromatic rings. The van der Waals surface area contributed by atoms with Crippen molar-refractivity contribution in [2.45, 2.75) is 33.1 Å². The first-order valence-electron chi connectivity index (χ1n) is 7.47. The van der Waals surface area contributed by atoms with E-state index in [4.69, 9.17) is 10.5 Å². The van der Waals surface area contributed by atoms with Crippen LogP contribution in [0, 0.1) is 5.92 Å². The molecule has 0 bridgehead atoms. The van der Waals surface area contributed by atoms with Crippen molar-refractivity contribution in [1.82, 2.24) is 4.90 Å². The predicted octanol–water partition coefficient (Wildman–Crippen LogP) is 2.93. The Morgan fingerprint density at radius 1 is 1.40 bits per heavy atom. The van der Waals surface area contributed by atoms with E-state index in [1.165, 1.54) is 19.3 Å². The highest BCUT2D eigenvalue weighted by atomic mass is 16.5. The van der Waals surface area contributed by atoms with Crippen molar-refractivity contribution in [1.29, 1.82) is 0 Å². The molecule has 2 rings (SSSR count). The van der Waals surface area contributed by atoms with Crippen LogP contribution in [0.5, 0.6) is 5.75 Å². The number of benzene rings is 1. The number of amides is 1. The summed E-state index contributed by atoms with van der Waals surface area (Å²) in [6.45, 7) is 6.11. The monoisotopic (exact) mass is 276 g/mol.